The molecule has 1 aromatic heterocycles. The predicted molar refractivity (Wildman–Crippen MR) is 200 cm³/mol. The molecule has 7 atom stereocenters. The first kappa shape index (κ1) is 42.5. The van der Waals surface area contributed by atoms with E-state index in [0.717, 1.165) is 13.8 Å². The number of amides is 3. The highest BCUT2D eigenvalue weighted by atomic mass is 32.2. The second-order valence-corrected chi connectivity index (χ2v) is 19.0. The van der Waals surface area contributed by atoms with Crippen molar-refractivity contribution in [2.75, 3.05) is 26.9 Å². The topological polar surface area (TPSA) is 156 Å². The molecule has 4 aliphatic rings. The van der Waals surface area contributed by atoms with Crippen molar-refractivity contribution in [1.82, 2.24) is 25.2 Å². The number of carbonyl (C=O) groups excluding carboxylic acids is 3. The molecule has 2 aliphatic heterocycles. The van der Waals surface area contributed by atoms with E-state index in [-0.39, 0.29) is 55.2 Å². The Morgan fingerprint density at radius 1 is 1.14 bits per heavy atom. The number of aromatic nitrogens is 1. The first-order valence-electron chi connectivity index (χ1n) is 19.2. The van der Waals surface area contributed by atoms with Gasteiger partial charge in [0.25, 0.3) is 5.91 Å². The fourth-order valence-corrected chi connectivity index (χ4v) is 9.28. The number of carbonyl (C=O) groups is 3. The number of nitrogens with zero attached hydrogens (tertiary/aromatic N) is 2. The normalized spacial score (nSPS) is 30.0. The van der Waals surface area contributed by atoms with Crippen LogP contribution in [0.3, 0.4) is 0 Å². The molecular formula is C39H50F5N5O7S. The first-order valence-corrected chi connectivity index (χ1v) is 20.7. The van der Waals surface area contributed by atoms with Gasteiger partial charge in [-0.3, -0.25) is 19.1 Å². The third-order valence-corrected chi connectivity index (χ3v) is 14.2. The van der Waals surface area contributed by atoms with E-state index in [0.29, 0.717) is 24.6 Å². The summed E-state index contributed by atoms with van der Waals surface area (Å²) in [6.45, 7) is 3.76. The molecule has 0 unspecified atom stereocenters. The zero-order valence-electron chi connectivity index (χ0n) is 32.5. The number of hydrogen-bond donors (Lipinski definition) is 3. The molecule has 3 heterocycles. The highest BCUT2D eigenvalue weighted by Gasteiger charge is 2.64. The van der Waals surface area contributed by atoms with E-state index in [1.54, 1.807) is 19.1 Å². The predicted octanol–water partition coefficient (Wildman–Crippen LogP) is 5.11. The van der Waals surface area contributed by atoms with Crippen molar-refractivity contribution in [2.45, 2.75) is 107 Å². The van der Waals surface area contributed by atoms with E-state index >= 15 is 0 Å². The number of pyridine rings is 1. The molecule has 2 saturated carbocycles. The zero-order valence-corrected chi connectivity index (χ0v) is 33.4. The lowest BCUT2D eigenvalue weighted by molar-refractivity contribution is -0.210. The molecule has 0 spiro atoms. The summed E-state index contributed by atoms with van der Waals surface area (Å²) in [4.78, 5) is 48.5. The minimum absolute atomic E-state index is 0.00577. The summed E-state index contributed by atoms with van der Waals surface area (Å²) >= 11 is 0. The van der Waals surface area contributed by atoms with Crippen LogP contribution in [0.15, 0.2) is 36.5 Å². The largest absolute Gasteiger partial charge is 0.494 e. The molecule has 57 heavy (non-hydrogen) atoms. The summed E-state index contributed by atoms with van der Waals surface area (Å²) in [6.07, 6.45) is 1.02. The number of allylic oxidation sites excluding steroid dienone is 1. The highest BCUT2D eigenvalue weighted by Crippen LogP contribution is 2.48. The number of alkyl halides is 4. The van der Waals surface area contributed by atoms with Crippen LogP contribution in [0, 0.1) is 29.0 Å². The first-order chi connectivity index (χ1) is 26.7. The van der Waals surface area contributed by atoms with Crippen LogP contribution in [0.1, 0.15) is 72.6 Å². The monoisotopic (exact) mass is 827 g/mol. The molecule has 6 rings (SSSR count). The lowest BCUT2D eigenvalue weighted by atomic mass is 9.86. The standard InChI is InChI=1S/C39H50F5N5O7S/c1-22-8-6-7-9-25-18-38(25,35(52)48-57(53,54)37(20-40)11-12-37)47-32(50)29-16-26(56-33-27-17-28(41)30(55-5)15-24(27)10-13-45-33)19-49(29)34(51)31(23(2)14-22)46-21-36(3,4)39(42,43)44/h7,9-10,13,15,17,22-23,25-26,29,31,46H,6,8,11-12,14,16,18-21H2,1-5H3,(H,47,50)(H,48,52)/b9-7-/t22-,23-,25-,26-,29+,31+,38-/m1/s1. The van der Waals surface area contributed by atoms with Crippen molar-refractivity contribution < 1.29 is 54.2 Å². The molecular weight excluding hydrogens is 778 g/mol. The smallest absolute Gasteiger partial charge is 0.395 e. The number of halogens is 5. The van der Waals surface area contributed by atoms with Crippen LogP contribution < -0.4 is 24.8 Å². The maximum atomic E-state index is 14.9. The average Bonchev–Trinajstić information content (AvgIpc) is 4.04. The molecule has 12 nitrogen and oxygen atoms in total. The number of ether oxygens (including phenoxy) is 2. The molecule has 18 heteroatoms. The number of hydrogen-bond acceptors (Lipinski definition) is 9. The van der Waals surface area contributed by atoms with Gasteiger partial charge in [-0.15, -0.1) is 0 Å². The van der Waals surface area contributed by atoms with Gasteiger partial charge in [0.05, 0.1) is 25.1 Å². The fraction of sp³-hybridized carbons (Fsp3) is 0.641. The number of sulfonamides is 1. The zero-order chi connectivity index (χ0) is 41.7. The van der Waals surface area contributed by atoms with E-state index in [1.807, 2.05) is 17.7 Å². The maximum absolute atomic E-state index is 14.9. The van der Waals surface area contributed by atoms with E-state index in [9.17, 15) is 44.8 Å². The maximum Gasteiger partial charge on any atom is 0.395 e. The van der Waals surface area contributed by atoms with E-state index in [4.69, 9.17) is 9.47 Å². The molecule has 0 radical (unpaired) electrons. The SMILES string of the molecule is COc1cc2ccnc(O[C@@H]3C[C@H]4C(=O)N[C@]5(C(=O)NS(=O)(=O)C6(CF)CC6)C[C@H]5/C=C\CC[C@@H](C)C[C@@H](C)[C@H](NCC(C)(C)C(F)(F)F)C(=O)N4C3)c2cc1F. The number of rotatable bonds is 10. The quantitative estimate of drug-likeness (QED) is 0.219. The Kier molecular flexibility index (Phi) is 11.6. The van der Waals surface area contributed by atoms with Gasteiger partial charge >= 0.3 is 6.18 Å². The molecule has 3 fully saturated rings. The van der Waals surface area contributed by atoms with Crippen LogP contribution >= 0.6 is 0 Å². The molecule has 3 amide bonds. The summed E-state index contributed by atoms with van der Waals surface area (Å²) in [7, 11) is -3.13. The van der Waals surface area contributed by atoms with Crippen molar-refractivity contribution in [3.63, 3.8) is 0 Å². The van der Waals surface area contributed by atoms with Gasteiger partial charge in [-0.25, -0.2) is 22.2 Å². The number of methoxy groups -OCH3 is 1. The van der Waals surface area contributed by atoms with E-state index < -0.39 is 98.7 Å². The van der Waals surface area contributed by atoms with Crippen LogP contribution in [-0.4, -0.2) is 97.5 Å². The Balaban J connectivity index is 1.36. The van der Waals surface area contributed by atoms with Crippen LogP contribution in [0.4, 0.5) is 22.0 Å². The number of nitrogens with one attached hydrogen (secondary N) is 3. The molecule has 2 aromatic rings. The summed E-state index contributed by atoms with van der Waals surface area (Å²) in [5.41, 5.74) is -3.96. The Hall–Kier alpha value is -4.06. The van der Waals surface area contributed by atoms with Gasteiger partial charge in [-0.1, -0.05) is 26.0 Å². The Bertz CT molecular complexity index is 2030. The molecule has 1 saturated heterocycles. The van der Waals surface area contributed by atoms with Crippen molar-refractivity contribution in [2.24, 2.45) is 23.2 Å². The Morgan fingerprint density at radius 3 is 2.51 bits per heavy atom. The van der Waals surface area contributed by atoms with E-state index in [1.165, 1.54) is 30.3 Å². The lowest BCUT2D eigenvalue weighted by Crippen LogP contribution is -2.59. The average molecular weight is 828 g/mol. The van der Waals surface area contributed by atoms with E-state index in [2.05, 4.69) is 15.6 Å². The van der Waals surface area contributed by atoms with Crippen LogP contribution in [-0.2, 0) is 24.4 Å². The number of benzene rings is 1. The van der Waals surface area contributed by atoms with Gasteiger partial charge in [0.2, 0.25) is 27.7 Å². The van der Waals surface area contributed by atoms with Crippen LogP contribution in [0.2, 0.25) is 0 Å². The fourth-order valence-electron chi connectivity index (χ4n) is 7.86. The van der Waals surface area contributed by atoms with Gasteiger partial charge in [0.15, 0.2) is 11.6 Å². The van der Waals surface area contributed by atoms with Crippen molar-refractivity contribution in [3.8, 4) is 11.6 Å². The molecule has 314 valence electrons. The number of fused-ring (bicyclic) bond motifs is 3. The molecule has 2 aliphatic carbocycles. The summed E-state index contributed by atoms with van der Waals surface area (Å²) in [5, 5.41) is 6.41. The molecule has 3 N–H and O–H groups in total. The lowest BCUT2D eigenvalue weighted by Gasteiger charge is -2.35. The minimum Gasteiger partial charge on any atom is -0.494 e. The second-order valence-electron chi connectivity index (χ2n) is 16.9. The van der Waals surface area contributed by atoms with Gasteiger partial charge in [0.1, 0.15) is 29.1 Å². The third kappa shape index (κ3) is 8.43. The molecule has 1 aromatic carbocycles. The Labute approximate surface area is 328 Å². The highest BCUT2D eigenvalue weighted by molar-refractivity contribution is 7.91. The van der Waals surface area contributed by atoms with Crippen molar-refractivity contribution in [1.29, 1.82) is 0 Å². The summed E-state index contributed by atoms with van der Waals surface area (Å²) in [6, 6.07) is 1.74. The van der Waals surface area contributed by atoms with Crippen molar-refractivity contribution in [3.05, 3.63) is 42.4 Å². The van der Waals surface area contributed by atoms with Crippen molar-refractivity contribution >= 4 is 38.5 Å². The van der Waals surface area contributed by atoms with Gasteiger partial charge < -0.3 is 25.0 Å². The minimum atomic E-state index is -4.60. The molecule has 0 bridgehead atoms. The van der Waals surface area contributed by atoms with Crippen LogP contribution in [0.25, 0.3) is 10.8 Å². The second kappa shape index (κ2) is 15.6. The van der Waals surface area contributed by atoms with Gasteiger partial charge in [-0.2, -0.15) is 13.2 Å². The van der Waals surface area contributed by atoms with Gasteiger partial charge in [-0.05, 0) is 87.8 Å². The third-order valence-electron chi connectivity index (χ3n) is 12.1. The van der Waals surface area contributed by atoms with Gasteiger partial charge in [0, 0.05) is 30.5 Å². The summed E-state index contributed by atoms with van der Waals surface area (Å²) in [5.74, 6) is -4.34. The summed E-state index contributed by atoms with van der Waals surface area (Å²) < 4.78 is 109. The Morgan fingerprint density at radius 2 is 1.86 bits per heavy atom. The van der Waals surface area contributed by atoms with Crippen LogP contribution in [0.5, 0.6) is 11.6 Å².